The Labute approximate surface area is 270 Å². The Morgan fingerprint density at radius 2 is 1.11 bits per heavy atom. The third-order valence-electron chi connectivity index (χ3n) is 6.06. The van der Waals surface area contributed by atoms with Crippen LogP contribution in [-0.2, 0) is 0 Å². The lowest BCUT2D eigenvalue weighted by molar-refractivity contribution is 0.152. The highest BCUT2D eigenvalue weighted by atomic mass is 16.7. The highest BCUT2D eigenvalue weighted by Crippen LogP contribution is 2.17. The first kappa shape index (κ1) is 31.5. The van der Waals surface area contributed by atoms with Crippen molar-refractivity contribution in [3.05, 3.63) is 165 Å². The highest BCUT2D eigenvalue weighted by molar-refractivity contribution is 5.74. The number of aromatic nitrogens is 6. The molecule has 0 unspecified atom stereocenters. The first-order valence-corrected chi connectivity index (χ1v) is 14.2. The number of para-hydroxylation sites is 3. The fraction of sp³-hybridized carbons (Fsp3) is 0. The molecule has 0 aliphatic heterocycles. The molecule has 7 aromatic rings. The minimum atomic E-state index is -0.739. The van der Waals surface area contributed by atoms with E-state index in [0.29, 0.717) is 22.9 Å². The van der Waals surface area contributed by atoms with Gasteiger partial charge in [-0.1, -0.05) is 54.6 Å². The topological polar surface area (TPSA) is 134 Å². The second-order valence-corrected chi connectivity index (χ2v) is 9.38. The lowest BCUT2D eigenvalue weighted by Crippen LogP contribution is -2.14. The Balaban J connectivity index is 0.000000144. The summed E-state index contributed by atoms with van der Waals surface area (Å²) >= 11 is 0. The van der Waals surface area contributed by atoms with E-state index in [-0.39, 0.29) is 0 Å². The number of imidazole rings is 2. The monoisotopic (exact) mass is 624 g/mol. The molecule has 0 spiro atoms. The highest BCUT2D eigenvalue weighted by Gasteiger charge is 2.10. The fourth-order valence-corrected chi connectivity index (χ4v) is 3.85. The number of carbonyl (C=O) groups is 2. The van der Waals surface area contributed by atoms with Crippen LogP contribution in [-0.4, -0.2) is 41.7 Å². The van der Waals surface area contributed by atoms with E-state index < -0.39 is 12.2 Å². The Morgan fingerprint density at radius 3 is 1.60 bits per heavy atom. The molecule has 0 atom stereocenters. The second-order valence-electron chi connectivity index (χ2n) is 9.38. The van der Waals surface area contributed by atoms with Crippen LogP contribution in [0.2, 0.25) is 0 Å². The summed E-state index contributed by atoms with van der Waals surface area (Å²) in [6.07, 6.45) is 12.2. The van der Waals surface area contributed by atoms with Gasteiger partial charge in [-0.25, -0.2) is 24.1 Å². The van der Waals surface area contributed by atoms with Crippen LogP contribution in [0.15, 0.2) is 165 Å². The van der Waals surface area contributed by atoms with Gasteiger partial charge in [-0.05, 0) is 60.7 Å². The van der Waals surface area contributed by atoms with Crippen LogP contribution in [0.25, 0.3) is 22.5 Å². The summed E-state index contributed by atoms with van der Waals surface area (Å²) in [4.78, 5) is 42.4. The average Bonchev–Trinajstić information content (AvgIpc) is 3.85. The van der Waals surface area contributed by atoms with Crippen molar-refractivity contribution < 1.29 is 23.8 Å². The predicted molar refractivity (Wildman–Crippen MR) is 175 cm³/mol. The zero-order valence-corrected chi connectivity index (χ0v) is 24.9. The summed E-state index contributed by atoms with van der Waals surface area (Å²) in [7, 11) is 0. The molecule has 7 rings (SSSR count). The maximum Gasteiger partial charge on any atom is 0.519 e. The number of rotatable bonds is 5. The molecule has 11 heteroatoms. The number of nitrogens with zero attached hydrogens (tertiary/aromatic N) is 5. The number of aromatic amines is 1. The van der Waals surface area contributed by atoms with Crippen molar-refractivity contribution in [2.75, 3.05) is 0 Å². The third-order valence-corrected chi connectivity index (χ3v) is 6.06. The van der Waals surface area contributed by atoms with Gasteiger partial charge in [0.15, 0.2) is 0 Å². The number of hydrogen-bond donors (Lipinski definition) is 1. The molecule has 4 heterocycles. The molecule has 11 nitrogen and oxygen atoms in total. The van der Waals surface area contributed by atoms with Crippen LogP contribution in [0.3, 0.4) is 0 Å². The largest absolute Gasteiger partial charge is 0.519 e. The molecular weight excluding hydrogens is 596 g/mol. The van der Waals surface area contributed by atoms with Crippen LogP contribution >= 0.6 is 0 Å². The van der Waals surface area contributed by atoms with E-state index in [0.717, 1.165) is 16.8 Å². The number of hydrogen-bond acceptors (Lipinski definition) is 9. The third kappa shape index (κ3) is 10.1. The Bertz CT molecular complexity index is 1880. The van der Waals surface area contributed by atoms with Gasteiger partial charge in [-0.2, -0.15) is 0 Å². The normalized spacial score (nSPS) is 9.87. The van der Waals surface area contributed by atoms with Crippen molar-refractivity contribution in [2.45, 2.75) is 0 Å². The Morgan fingerprint density at radius 1 is 0.574 bits per heavy atom. The zero-order chi connectivity index (χ0) is 32.5. The van der Waals surface area contributed by atoms with Crippen LogP contribution < -0.4 is 14.2 Å². The van der Waals surface area contributed by atoms with E-state index in [4.69, 9.17) is 14.2 Å². The molecule has 47 heavy (non-hydrogen) atoms. The van der Waals surface area contributed by atoms with Gasteiger partial charge in [0.25, 0.3) is 0 Å². The van der Waals surface area contributed by atoms with Gasteiger partial charge in [0, 0.05) is 42.1 Å². The Hall–Kier alpha value is -6.88. The predicted octanol–water partition coefficient (Wildman–Crippen LogP) is 7.73. The molecule has 0 fully saturated rings. The van der Waals surface area contributed by atoms with Crippen molar-refractivity contribution in [3.63, 3.8) is 0 Å². The molecular formula is C36H28N6O5. The van der Waals surface area contributed by atoms with Crippen molar-refractivity contribution >= 4 is 12.2 Å². The van der Waals surface area contributed by atoms with Gasteiger partial charge in [-0.15, -0.1) is 0 Å². The smallest absolute Gasteiger partial charge is 0.410 e. The van der Waals surface area contributed by atoms with E-state index in [1.54, 1.807) is 116 Å². The van der Waals surface area contributed by atoms with E-state index >= 15 is 0 Å². The molecule has 3 aromatic carbocycles. The molecule has 0 amide bonds. The van der Waals surface area contributed by atoms with Crippen LogP contribution in [0.4, 0.5) is 9.59 Å². The number of nitrogens with one attached hydrogen (secondary N) is 1. The SMILES string of the molecule is O=C(Oc1ccccc1)Oc1ccccc1.O=C(Oc1ccccc1)n1cnc(-c2cccnc2)c1.c1cncc(-c2cnc[nH]2)c1. The van der Waals surface area contributed by atoms with Crippen LogP contribution in [0.5, 0.6) is 17.2 Å². The first-order valence-electron chi connectivity index (χ1n) is 14.2. The maximum atomic E-state index is 11.9. The van der Waals surface area contributed by atoms with E-state index in [1.807, 2.05) is 42.5 Å². The van der Waals surface area contributed by atoms with E-state index in [1.165, 1.54) is 10.9 Å². The van der Waals surface area contributed by atoms with Crippen LogP contribution in [0.1, 0.15) is 0 Å². The fourth-order valence-electron chi connectivity index (χ4n) is 3.85. The van der Waals surface area contributed by atoms with Crippen molar-refractivity contribution in [3.8, 4) is 39.8 Å². The number of pyridine rings is 2. The van der Waals surface area contributed by atoms with Gasteiger partial charge in [-0.3, -0.25) is 9.97 Å². The second kappa shape index (κ2) is 16.8. The Kier molecular flexibility index (Phi) is 11.3. The van der Waals surface area contributed by atoms with Gasteiger partial charge >= 0.3 is 12.2 Å². The summed E-state index contributed by atoms with van der Waals surface area (Å²) in [6.45, 7) is 0. The summed E-state index contributed by atoms with van der Waals surface area (Å²) in [5, 5.41) is 0. The number of ether oxygens (including phenoxy) is 3. The summed E-state index contributed by atoms with van der Waals surface area (Å²) in [5.41, 5.74) is 3.57. The van der Waals surface area contributed by atoms with E-state index in [9.17, 15) is 9.59 Å². The molecule has 0 saturated carbocycles. The molecule has 232 valence electrons. The lowest BCUT2D eigenvalue weighted by Gasteiger charge is -2.04. The quantitative estimate of drug-likeness (QED) is 0.151. The summed E-state index contributed by atoms with van der Waals surface area (Å²) in [5.74, 6) is 1.42. The van der Waals surface area contributed by atoms with Crippen molar-refractivity contribution in [1.29, 1.82) is 0 Å². The average molecular weight is 625 g/mol. The number of H-pyrrole nitrogens is 1. The molecule has 1 N–H and O–H groups in total. The number of carbonyl (C=O) groups excluding carboxylic acids is 2. The standard InChI is InChI=1S/C15H11N3O2.C13H10O3.C8H7N3/c19-15(20-13-6-2-1-3-7-13)18-10-14(17-11-18)12-5-4-8-16-9-12;14-13(15-11-7-3-1-4-8-11)16-12-9-5-2-6-10-12;1-2-7(4-9-3-1)8-5-10-6-11-8/h1-11H;1-10H;1-6H,(H,10,11). The van der Waals surface area contributed by atoms with Gasteiger partial charge in [0.2, 0.25) is 0 Å². The molecule has 0 saturated heterocycles. The van der Waals surface area contributed by atoms with Gasteiger partial charge in [0.05, 0.1) is 23.9 Å². The minimum Gasteiger partial charge on any atom is -0.410 e. The lowest BCUT2D eigenvalue weighted by atomic mass is 10.2. The minimum absolute atomic E-state index is 0.462. The molecule has 0 radical (unpaired) electrons. The first-order chi connectivity index (χ1) is 23.1. The molecule has 0 aliphatic rings. The summed E-state index contributed by atoms with van der Waals surface area (Å²) in [6, 6.07) is 34.0. The van der Waals surface area contributed by atoms with Gasteiger partial charge in [0.1, 0.15) is 23.6 Å². The molecule has 4 aromatic heterocycles. The maximum absolute atomic E-state index is 11.9. The van der Waals surface area contributed by atoms with Gasteiger partial charge < -0.3 is 19.2 Å². The van der Waals surface area contributed by atoms with Crippen molar-refractivity contribution in [1.82, 2.24) is 29.5 Å². The zero-order valence-electron chi connectivity index (χ0n) is 24.9. The molecule has 0 aliphatic carbocycles. The van der Waals surface area contributed by atoms with E-state index in [2.05, 4.69) is 24.9 Å². The molecule has 0 bridgehead atoms. The van der Waals surface area contributed by atoms with Crippen LogP contribution in [0, 0.1) is 0 Å². The number of benzene rings is 3. The summed E-state index contributed by atoms with van der Waals surface area (Å²) < 4.78 is 16.4. The van der Waals surface area contributed by atoms with Crippen molar-refractivity contribution in [2.24, 2.45) is 0 Å².